The van der Waals surface area contributed by atoms with Crippen LogP contribution in [0.5, 0.6) is 0 Å². The van der Waals surface area contributed by atoms with Crippen molar-refractivity contribution in [2.24, 2.45) is 4.99 Å². The van der Waals surface area contributed by atoms with Gasteiger partial charge in [-0.25, -0.2) is 4.39 Å². The van der Waals surface area contributed by atoms with Crippen molar-refractivity contribution in [1.29, 1.82) is 0 Å². The summed E-state index contributed by atoms with van der Waals surface area (Å²) in [5.74, 6) is -0.276. The molecule has 0 aliphatic heterocycles. The van der Waals surface area contributed by atoms with Crippen LogP contribution in [0.15, 0.2) is 83.9 Å². The molecule has 2 unspecified atom stereocenters. The van der Waals surface area contributed by atoms with E-state index in [2.05, 4.69) is 0 Å². The zero-order chi connectivity index (χ0) is 17.2. The van der Waals surface area contributed by atoms with Gasteiger partial charge in [0.1, 0.15) is 11.9 Å². The molecule has 2 nitrogen and oxygen atoms in total. The Hall–Kier alpha value is -2.78. The van der Waals surface area contributed by atoms with Crippen molar-refractivity contribution in [2.75, 3.05) is 0 Å². The first-order valence-electron chi connectivity index (χ1n) is 8.37. The van der Waals surface area contributed by atoms with E-state index in [-0.39, 0.29) is 11.9 Å². The van der Waals surface area contributed by atoms with Crippen molar-refractivity contribution in [3.8, 4) is 0 Å². The van der Waals surface area contributed by atoms with E-state index in [9.17, 15) is 9.50 Å². The maximum Gasteiger partial charge on any atom is 0.123 e. The lowest BCUT2D eigenvalue weighted by molar-refractivity contribution is 0.159. The summed E-state index contributed by atoms with van der Waals surface area (Å²) in [7, 11) is 0. The zero-order valence-corrected chi connectivity index (χ0v) is 13.6. The van der Waals surface area contributed by atoms with Crippen molar-refractivity contribution in [1.82, 2.24) is 0 Å². The Morgan fingerprint density at radius 2 is 1.48 bits per heavy atom. The van der Waals surface area contributed by atoms with Crippen molar-refractivity contribution in [3.63, 3.8) is 0 Å². The minimum absolute atomic E-state index is 0.276. The molecule has 0 fully saturated rings. The van der Waals surface area contributed by atoms with Crippen LogP contribution in [0.4, 0.5) is 4.39 Å². The van der Waals surface area contributed by atoms with Gasteiger partial charge in [0.2, 0.25) is 0 Å². The van der Waals surface area contributed by atoms with E-state index in [0.717, 1.165) is 28.0 Å². The van der Waals surface area contributed by atoms with Crippen molar-refractivity contribution >= 4 is 5.71 Å². The third-order valence-electron chi connectivity index (χ3n) is 4.58. The lowest BCUT2D eigenvalue weighted by Gasteiger charge is -2.15. The average molecular weight is 331 g/mol. The molecule has 4 rings (SSSR count). The van der Waals surface area contributed by atoms with Gasteiger partial charge in [-0.05, 0) is 23.3 Å². The minimum Gasteiger partial charge on any atom is -0.390 e. The molecule has 3 aromatic carbocycles. The largest absolute Gasteiger partial charge is 0.390 e. The second-order valence-electron chi connectivity index (χ2n) is 6.27. The molecule has 2 atom stereocenters. The quantitative estimate of drug-likeness (QED) is 0.712. The van der Waals surface area contributed by atoms with E-state index in [1.54, 1.807) is 6.07 Å². The molecule has 124 valence electrons. The number of aliphatic imine (C=N–C) groups is 1. The first kappa shape index (κ1) is 15.7. The van der Waals surface area contributed by atoms with Crippen LogP contribution in [-0.2, 0) is 6.42 Å². The van der Waals surface area contributed by atoms with Gasteiger partial charge in [-0.2, -0.15) is 0 Å². The number of benzene rings is 3. The van der Waals surface area contributed by atoms with Crippen LogP contribution in [0.2, 0.25) is 0 Å². The summed E-state index contributed by atoms with van der Waals surface area (Å²) in [6.45, 7) is 0. The van der Waals surface area contributed by atoms with Crippen LogP contribution in [0, 0.1) is 5.82 Å². The third-order valence-corrected chi connectivity index (χ3v) is 4.58. The summed E-state index contributed by atoms with van der Waals surface area (Å²) < 4.78 is 13.5. The summed E-state index contributed by atoms with van der Waals surface area (Å²) in [5, 5.41) is 10.5. The Kier molecular flexibility index (Phi) is 4.16. The number of hydrogen-bond donors (Lipinski definition) is 1. The van der Waals surface area contributed by atoms with Crippen LogP contribution >= 0.6 is 0 Å². The normalized spacial score (nSPS) is 18.6. The molecule has 0 spiro atoms. The monoisotopic (exact) mass is 331 g/mol. The number of aliphatic hydroxyl groups excluding tert-OH is 1. The van der Waals surface area contributed by atoms with E-state index < -0.39 is 6.10 Å². The molecule has 25 heavy (non-hydrogen) atoms. The van der Waals surface area contributed by atoms with Crippen LogP contribution in [0.3, 0.4) is 0 Å². The number of hydrogen-bond acceptors (Lipinski definition) is 2. The van der Waals surface area contributed by atoms with Gasteiger partial charge in [0.15, 0.2) is 0 Å². The van der Waals surface area contributed by atoms with Crippen LogP contribution in [-0.4, -0.2) is 16.9 Å². The number of nitrogens with zero attached hydrogens (tertiary/aromatic N) is 1. The van der Waals surface area contributed by atoms with Gasteiger partial charge in [-0.3, -0.25) is 4.99 Å². The van der Waals surface area contributed by atoms with Crippen LogP contribution in [0.25, 0.3) is 0 Å². The molecule has 0 aromatic heterocycles. The summed E-state index contributed by atoms with van der Waals surface area (Å²) in [6, 6.07) is 24.2. The maximum absolute atomic E-state index is 13.5. The minimum atomic E-state index is -0.640. The first-order chi connectivity index (χ1) is 12.2. The van der Waals surface area contributed by atoms with Gasteiger partial charge in [0, 0.05) is 17.5 Å². The summed E-state index contributed by atoms with van der Waals surface area (Å²) in [6.07, 6.45) is -0.211. The molecule has 0 amide bonds. The van der Waals surface area contributed by atoms with Gasteiger partial charge in [-0.1, -0.05) is 66.7 Å². The fourth-order valence-electron chi connectivity index (χ4n) is 3.39. The number of rotatable bonds is 3. The van der Waals surface area contributed by atoms with Gasteiger partial charge >= 0.3 is 0 Å². The number of halogens is 1. The molecule has 0 saturated carbocycles. The average Bonchev–Trinajstić information content (AvgIpc) is 2.95. The highest BCUT2D eigenvalue weighted by Crippen LogP contribution is 2.35. The SMILES string of the molecule is OC1Cc2cc(F)ccc2C1N=C(c1ccccc1)c1ccccc1. The van der Waals surface area contributed by atoms with Crippen molar-refractivity contribution in [2.45, 2.75) is 18.6 Å². The number of fused-ring (bicyclic) bond motifs is 1. The molecule has 1 N–H and O–H groups in total. The molecule has 0 heterocycles. The molecule has 0 saturated heterocycles. The van der Waals surface area contributed by atoms with E-state index in [1.807, 2.05) is 60.7 Å². The third kappa shape index (κ3) is 3.11. The highest BCUT2D eigenvalue weighted by molar-refractivity contribution is 6.13. The summed E-state index contributed by atoms with van der Waals surface area (Å²) in [5.41, 5.74) is 4.57. The molecule has 0 bridgehead atoms. The molecular formula is C22H18FNO. The Balaban J connectivity index is 1.83. The van der Waals surface area contributed by atoms with E-state index in [4.69, 9.17) is 4.99 Å². The summed E-state index contributed by atoms with van der Waals surface area (Å²) in [4.78, 5) is 4.91. The van der Waals surface area contributed by atoms with Crippen LogP contribution < -0.4 is 0 Å². The Morgan fingerprint density at radius 1 is 0.880 bits per heavy atom. The fourth-order valence-corrected chi connectivity index (χ4v) is 3.39. The van der Waals surface area contributed by atoms with E-state index in [0.29, 0.717) is 6.42 Å². The standard InChI is InChI=1S/C22H18FNO/c23-18-11-12-19-17(13-18)14-20(25)22(19)24-21(15-7-3-1-4-8-15)16-9-5-2-6-10-16/h1-13,20,22,25H,14H2. The Morgan fingerprint density at radius 3 is 2.08 bits per heavy atom. The smallest absolute Gasteiger partial charge is 0.123 e. The van der Waals surface area contributed by atoms with Gasteiger partial charge in [0.05, 0.1) is 11.8 Å². The molecule has 3 heteroatoms. The zero-order valence-electron chi connectivity index (χ0n) is 13.6. The van der Waals surface area contributed by atoms with Gasteiger partial charge in [-0.15, -0.1) is 0 Å². The fraction of sp³-hybridized carbons (Fsp3) is 0.136. The second-order valence-corrected chi connectivity index (χ2v) is 6.27. The molecule has 3 aromatic rings. The van der Waals surface area contributed by atoms with Gasteiger partial charge < -0.3 is 5.11 Å². The predicted octanol–water partition coefficient (Wildman–Crippen LogP) is 4.32. The van der Waals surface area contributed by atoms with Crippen LogP contribution in [0.1, 0.15) is 28.3 Å². The Labute approximate surface area is 146 Å². The van der Waals surface area contributed by atoms with Gasteiger partial charge in [0.25, 0.3) is 0 Å². The molecule has 1 aliphatic carbocycles. The maximum atomic E-state index is 13.5. The number of aliphatic hydroxyl groups is 1. The topological polar surface area (TPSA) is 32.6 Å². The lowest BCUT2D eigenvalue weighted by atomic mass is 10.0. The molecular weight excluding hydrogens is 313 g/mol. The lowest BCUT2D eigenvalue weighted by Crippen LogP contribution is -2.15. The van der Waals surface area contributed by atoms with E-state index in [1.165, 1.54) is 12.1 Å². The molecule has 0 radical (unpaired) electrons. The van der Waals surface area contributed by atoms with Crippen molar-refractivity contribution in [3.05, 3.63) is 107 Å². The highest BCUT2D eigenvalue weighted by Gasteiger charge is 2.31. The van der Waals surface area contributed by atoms with Crippen molar-refractivity contribution < 1.29 is 9.50 Å². The summed E-state index contributed by atoms with van der Waals surface area (Å²) >= 11 is 0. The Bertz CT molecular complexity index is 864. The highest BCUT2D eigenvalue weighted by atomic mass is 19.1. The predicted molar refractivity (Wildman–Crippen MR) is 97.4 cm³/mol. The van der Waals surface area contributed by atoms with E-state index >= 15 is 0 Å². The molecule has 1 aliphatic rings. The first-order valence-corrected chi connectivity index (χ1v) is 8.37. The second kappa shape index (κ2) is 6.61.